The molecule has 0 aromatic heterocycles. The lowest BCUT2D eigenvalue weighted by molar-refractivity contribution is -0.143. The fourth-order valence-corrected chi connectivity index (χ4v) is 6.75. The van der Waals surface area contributed by atoms with Gasteiger partial charge in [-0.25, -0.2) is 0 Å². The number of guanidine groups is 1. The van der Waals surface area contributed by atoms with Crippen LogP contribution in [0.1, 0.15) is 39.5 Å². The van der Waals surface area contributed by atoms with Crippen molar-refractivity contribution in [2.75, 3.05) is 31.1 Å². The number of hydrogen-bond acceptors (Lipinski definition) is 14. The van der Waals surface area contributed by atoms with E-state index in [2.05, 4.69) is 42.2 Å². The highest BCUT2D eigenvalue weighted by molar-refractivity contribution is 8.76. The van der Waals surface area contributed by atoms with Gasteiger partial charge in [0.25, 0.3) is 0 Å². The van der Waals surface area contributed by atoms with E-state index in [0.29, 0.717) is 0 Å². The number of nitrogens with one attached hydrogen (secondary N) is 7. The summed E-state index contributed by atoms with van der Waals surface area (Å²) < 4.78 is 0. The standard InChI is InChI=1S/C29H48N12O12S2/c1-12(2)22-28(53)40-17(23(31)48)11-55-54-10-13(30)24(49)35-8-18(42)37-14(4-3-5-34-29(32)33)25(50)36-9-19(43)38-15(6-20(44)45)26(51)39-16(7-21(46)47)27(52)41-22/h12-17,22H,3-11,30H2,1-2H3,(H2,31,48)(H,35,49)(H,36,50)(H,37,42)(H,38,43)(H,39,51)(H,40,53)(H,41,52)(H,44,45)(H,46,47)(H4,32,33,34)/t13-,14+,15+,16-,17-,22?/m1/s1. The van der Waals surface area contributed by atoms with Crippen LogP contribution in [0.4, 0.5) is 0 Å². The Bertz CT molecular complexity index is 1480. The summed E-state index contributed by atoms with van der Waals surface area (Å²) in [6.45, 7) is 1.63. The van der Waals surface area contributed by atoms with E-state index in [-0.39, 0.29) is 36.9 Å². The van der Waals surface area contributed by atoms with Crippen LogP contribution in [0.15, 0.2) is 4.99 Å². The minimum atomic E-state index is -1.90. The average Bonchev–Trinajstić information content (AvgIpc) is 3.08. The number of hydrogen-bond donors (Lipinski definition) is 13. The first-order chi connectivity index (χ1) is 25.7. The van der Waals surface area contributed by atoms with Crippen molar-refractivity contribution in [1.29, 1.82) is 0 Å². The molecule has 26 heteroatoms. The summed E-state index contributed by atoms with van der Waals surface area (Å²) in [4.78, 5) is 130. The van der Waals surface area contributed by atoms with E-state index in [9.17, 15) is 58.2 Å². The number of carboxylic acids is 2. The zero-order chi connectivity index (χ0) is 41.8. The van der Waals surface area contributed by atoms with Crippen molar-refractivity contribution in [3.63, 3.8) is 0 Å². The van der Waals surface area contributed by atoms with Crippen LogP contribution >= 0.6 is 21.6 Å². The van der Waals surface area contributed by atoms with E-state index in [1.807, 2.05) is 0 Å². The smallest absolute Gasteiger partial charge is 0.305 e. The van der Waals surface area contributed by atoms with Crippen molar-refractivity contribution in [1.82, 2.24) is 37.2 Å². The maximum absolute atomic E-state index is 13.3. The number of primary amides is 1. The summed E-state index contributed by atoms with van der Waals surface area (Å²) in [6, 6.07) is -8.93. The third-order valence-corrected chi connectivity index (χ3v) is 9.74. The topological polar surface area (TPSA) is 412 Å². The van der Waals surface area contributed by atoms with Gasteiger partial charge in [-0.3, -0.25) is 52.9 Å². The maximum Gasteiger partial charge on any atom is 0.305 e. The van der Waals surface area contributed by atoms with Gasteiger partial charge in [0.2, 0.25) is 47.3 Å². The SMILES string of the molecule is CC(C)C1NC(=O)[C@@H](CC(=O)O)NC(=O)[C@H](CC(=O)O)NC(=O)CNC(=O)[C@H](CCCN=C(N)N)NC(=O)CNC(=O)[C@H](N)CSSC[C@H](C(N)=O)NC1=O. The van der Waals surface area contributed by atoms with Crippen molar-refractivity contribution < 1.29 is 58.2 Å². The Balaban J connectivity index is 3.44. The zero-order valence-electron chi connectivity index (χ0n) is 30.0. The Labute approximate surface area is 322 Å². The molecule has 1 aliphatic heterocycles. The molecule has 0 spiro atoms. The van der Waals surface area contributed by atoms with Gasteiger partial charge >= 0.3 is 11.9 Å². The molecular weight excluding hydrogens is 773 g/mol. The number of nitrogens with zero attached hydrogens (tertiary/aromatic N) is 1. The minimum absolute atomic E-state index is 0.0237. The summed E-state index contributed by atoms with van der Waals surface area (Å²) >= 11 is 0. The van der Waals surface area contributed by atoms with Gasteiger partial charge in [0.15, 0.2) is 5.96 Å². The summed E-state index contributed by atoms with van der Waals surface area (Å²) in [5, 5.41) is 34.7. The molecule has 0 radical (unpaired) electrons. The number of carboxylic acid groups (broad SMARTS) is 2. The second kappa shape index (κ2) is 24.1. The molecule has 6 atom stereocenters. The lowest BCUT2D eigenvalue weighted by atomic mass is 10.0. The zero-order valence-corrected chi connectivity index (χ0v) is 31.6. The van der Waals surface area contributed by atoms with E-state index in [1.54, 1.807) is 0 Å². The third kappa shape index (κ3) is 19.0. The number of carbonyl (C=O) groups excluding carboxylic acids is 8. The highest BCUT2D eigenvalue weighted by atomic mass is 33.1. The molecule has 1 saturated heterocycles. The lowest BCUT2D eigenvalue weighted by Gasteiger charge is -2.27. The maximum atomic E-state index is 13.3. The minimum Gasteiger partial charge on any atom is -0.481 e. The van der Waals surface area contributed by atoms with E-state index in [1.165, 1.54) is 13.8 Å². The second-order valence-electron chi connectivity index (χ2n) is 12.3. The molecule has 24 nitrogen and oxygen atoms in total. The van der Waals surface area contributed by atoms with Crippen LogP contribution in [0.2, 0.25) is 0 Å². The fraction of sp³-hybridized carbons (Fsp3) is 0.621. The number of amides is 8. The van der Waals surface area contributed by atoms with Gasteiger partial charge in [0.1, 0.15) is 30.2 Å². The largest absolute Gasteiger partial charge is 0.481 e. The van der Waals surface area contributed by atoms with Gasteiger partial charge in [-0.1, -0.05) is 35.4 Å². The number of rotatable bonds is 10. The van der Waals surface area contributed by atoms with Crippen molar-refractivity contribution in [2.45, 2.75) is 75.8 Å². The van der Waals surface area contributed by atoms with Crippen molar-refractivity contribution in [3.8, 4) is 0 Å². The Kier molecular flexibility index (Phi) is 20.9. The number of aliphatic imine (C=N–C) groups is 1. The van der Waals surface area contributed by atoms with Gasteiger partial charge in [-0.15, -0.1) is 0 Å². The predicted octanol–water partition coefficient (Wildman–Crippen LogP) is -6.49. The third-order valence-electron chi connectivity index (χ3n) is 7.29. The predicted molar refractivity (Wildman–Crippen MR) is 197 cm³/mol. The molecule has 0 aromatic rings. The van der Waals surface area contributed by atoms with Gasteiger partial charge in [0, 0.05) is 18.1 Å². The first-order valence-electron chi connectivity index (χ1n) is 16.5. The molecule has 308 valence electrons. The van der Waals surface area contributed by atoms with Crippen LogP contribution in [0, 0.1) is 5.92 Å². The molecule has 0 aliphatic carbocycles. The Morgan fingerprint density at radius 3 is 1.75 bits per heavy atom. The molecule has 55 heavy (non-hydrogen) atoms. The van der Waals surface area contributed by atoms with Crippen LogP contribution < -0.4 is 60.2 Å². The van der Waals surface area contributed by atoms with Gasteiger partial charge < -0.3 is 70.4 Å². The van der Waals surface area contributed by atoms with Crippen LogP contribution in [-0.4, -0.2) is 143 Å². The molecule has 0 saturated carbocycles. The average molecular weight is 821 g/mol. The molecule has 17 N–H and O–H groups in total. The highest BCUT2D eigenvalue weighted by Gasteiger charge is 2.34. The van der Waals surface area contributed by atoms with Crippen molar-refractivity contribution in [3.05, 3.63) is 0 Å². The number of carbonyl (C=O) groups is 10. The molecule has 1 unspecified atom stereocenters. The summed E-state index contributed by atoms with van der Waals surface area (Å²) in [5.41, 5.74) is 22.0. The lowest BCUT2D eigenvalue weighted by Crippen LogP contribution is -2.60. The molecule has 0 aromatic carbocycles. The van der Waals surface area contributed by atoms with Gasteiger partial charge in [0.05, 0.1) is 32.0 Å². The van der Waals surface area contributed by atoms with Crippen LogP contribution in [0.3, 0.4) is 0 Å². The number of aliphatic carboxylic acids is 2. The van der Waals surface area contributed by atoms with Gasteiger partial charge in [-0.05, 0) is 18.8 Å². The van der Waals surface area contributed by atoms with E-state index >= 15 is 0 Å². The Morgan fingerprint density at radius 1 is 0.709 bits per heavy atom. The monoisotopic (exact) mass is 820 g/mol. The molecule has 1 rings (SSSR count). The van der Waals surface area contributed by atoms with Crippen molar-refractivity contribution >= 4 is 86.7 Å². The molecule has 8 amide bonds. The van der Waals surface area contributed by atoms with Crippen LogP contribution in [-0.2, 0) is 47.9 Å². The molecule has 1 fully saturated rings. The molecule has 1 heterocycles. The van der Waals surface area contributed by atoms with E-state index in [0.717, 1.165) is 21.6 Å². The summed E-state index contributed by atoms with van der Waals surface area (Å²) in [6.07, 6.45) is -1.98. The van der Waals surface area contributed by atoms with Crippen molar-refractivity contribution in [2.24, 2.45) is 33.8 Å². The highest BCUT2D eigenvalue weighted by Crippen LogP contribution is 2.22. The summed E-state index contributed by atoms with van der Waals surface area (Å²) in [5.74, 6) is -12.1. The Hall–Kier alpha value is -5.37. The Morgan fingerprint density at radius 2 is 1.22 bits per heavy atom. The second-order valence-corrected chi connectivity index (χ2v) is 14.8. The normalized spacial score (nSPS) is 24.8. The quantitative estimate of drug-likeness (QED) is 0.0422. The van der Waals surface area contributed by atoms with Gasteiger partial charge in [-0.2, -0.15) is 0 Å². The molecule has 0 bridgehead atoms. The first kappa shape index (κ1) is 47.7. The first-order valence-corrected chi connectivity index (χ1v) is 19.0. The summed E-state index contributed by atoms with van der Waals surface area (Å²) in [7, 11) is 2.05. The molecule has 1 aliphatic rings. The van der Waals surface area contributed by atoms with E-state index < -0.39 is 127 Å². The van der Waals surface area contributed by atoms with E-state index in [4.69, 9.17) is 22.9 Å². The van der Waals surface area contributed by atoms with Crippen LogP contribution in [0.25, 0.3) is 0 Å². The fourth-order valence-electron chi connectivity index (χ4n) is 4.45. The molecular formula is C29H48N12O12S2. The number of nitrogens with two attached hydrogens (primary N) is 4. The van der Waals surface area contributed by atoms with Crippen LogP contribution in [0.5, 0.6) is 0 Å².